The molecule has 2 aromatic carbocycles. The number of anilines is 1. The summed E-state index contributed by atoms with van der Waals surface area (Å²) in [7, 11) is 0. The maximum Gasteiger partial charge on any atom is 0.237 e. The summed E-state index contributed by atoms with van der Waals surface area (Å²) in [6.45, 7) is 2.23. The van der Waals surface area contributed by atoms with Gasteiger partial charge in [-0.25, -0.2) is 4.98 Å². The number of ether oxygens (including phenoxy) is 1. The molecule has 1 atom stereocenters. The molecule has 1 aliphatic heterocycles. The summed E-state index contributed by atoms with van der Waals surface area (Å²) in [6, 6.07) is 21.7. The third-order valence-corrected chi connectivity index (χ3v) is 5.79. The number of H-pyrrole nitrogens is 1. The first-order valence-corrected chi connectivity index (χ1v) is 10.9. The summed E-state index contributed by atoms with van der Waals surface area (Å²) >= 11 is 0. The van der Waals surface area contributed by atoms with Gasteiger partial charge in [-0.3, -0.25) is 0 Å². The molecule has 0 radical (unpaired) electrons. The standard InChI is InChI=1S/C26H22N6O/c27-12-18-6-4-17(5-7-18)8-9-29-15-21-16-30-25-10-20(14-31-26(25)33-21)24-11-22-19(13-28)2-1-3-23(22)32-24/h1-7,10-11,14,21,29-30,32H,8-9,15-16H2/t21-/m1/s1. The molecule has 3 heterocycles. The topological polar surface area (TPSA) is 110 Å². The molecule has 0 saturated heterocycles. The van der Waals surface area contributed by atoms with Gasteiger partial charge in [-0.05, 0) is 54.9 Å². The lowest BCUT2D eigenvalue weighted by Crippen LogP contribution is -2.40. The third-order valence-electron chi connectivity index (χ3n) is 5.79. The minimum Gasteiger partial charge on any atom is -0.470 e. The van der Waals surface area contributed by atoms with Gasteiger partial charge in [0.15, 0.2) is 0 Å². The number of pyridine rings is 1. The van der Waals surface area contributed by atoms with E-state index in [1.807, 2.05) is 54.6 Å². The van der Waals surface area contributed by atoms with E-state index in [0.717, 1.165) is 40.8 Å². The van der Waals surface area contributed by atoms with Crippen LogP contribution in [0.1, 0.15) is 16.7 Å². The van der Waals surface area contributed by atoms with E-state index in [2.05, 4.69) is 32.7 Å². The maximum absolute atomic E-state index is 9.33. The normalized spacial score (nSPS) is 14.5. The summed E-state index contributed by atoms with van der Waals surface area (Å²) in [5, 5.41) is 26.0. The number of nitrogens with zero attached hydrogens (tertiary/aromatic N) is 3. The van der Waals surface area contributed by atoms with Gasteiger partial charge >= 0.3 is 0 Å². The molecule has 0 saturated carbocycles. The lowest BCUT2D eigenvalue weighted by molar-refractivity contribution is 0.194. The van der Waals surface area contributed by atoms with Gasteiger partial charge in [0, 0.05) is 34.9 Å². The van der Waals surface area contributed by atoms with Crippen molar-refractivity contribution in [2.75, 3.05) is 25.0 Å². The number of nitrogens with one attached hydrogen (secondary N) is 3. The zero-order valence-electron chi connectivity index (χ0n) is 17.9. The van der Waals surface area contributed by atoms with Crippen molar-refractivity contribution in [1.29, 1.82) is 10.5 Å². The molecule has 0 bridgehead atoms. The second-order valence-electron chi connectivity index (χ2n) is 8.02. The number of nitriles is 2. The highest BCUT2D eigenvalue weighted by Crippen LogP contribution is 2.32. The quantitative estimate of drug-likeness (QED) is 0.396. The molecule has 0 amide bonds. The van der Waals surface area contributed by atoms with Crippen molar-refractivity contribution in [3.8, 4) is 29.3 Å². The van der Waals surface area contributed by atoms with Crippen LogP contribution in [0.2, 0.25) is 0 Å². The molecule has 5 rings (SSSR count). The van der Waals surface area contributed by atoms with Crippen molar-refractivity contribution in [3.63, 3.8) is 0 Å². The SMILES string of the molecule is N#Cc1ccc(CCNC[C@@H]2CNc3cc(-c4cc5c(C#N)cccc5[nH]4)cnc3O2)cc1. The smallest absolute Gasteiger partial charge is 0.237 e. The number of rotatable bonds is 6. The van der Waals surface area contributed by atoms with E-state index in [0.29, 0.717) is 30.1 Å². The van der Waals surface area contributed by atoms with E-state index in [-0.39, 0.29) is 6.10 Å². The van der Waals surface area contributed by atoms with Crippen molar-refractivity contribution in [2.24, 2.45) is 0 Å². The summed E-state index contributed by atoms with van der Waals surface area (Å²) in [5.74, 6) is 0.595. The monoisotopic (exact) mass is 434 g/mol. The van der Waals surface area contributed by atoms with Gasteiger partial charge in [-0.2, -0.15) is 10.5 Å². The Morgan fingerprint density at radius 2 is 1.97 bits per heavy atom. The lowest BCUT2D eigenvalue weighted by Gasteiger charge is -2.27. The summed E-state index contributed by atoms with van der Waals surface area (Å²) in [4.78, 5) is 7.90. The van der Waals surface area contributed by atoms with Gasteiger partial charge in [-0.1, -0.05) is 18.2 Å². The van der Waals surface area contributed by atoms with Gasteiger partial charge in [0.2, 0.25) is 5.88 Å². The van der Waals surface area contributed by atoms with Gasteiger partial charge < -0.3 is 20.4 Å². The Morgan fingerprint density at radius 1 is 1.09 bits per heavy atom. The van der Waals surface area contributed by atoms with Gasteiger partial charge in [0.05, 0.1) is 35.5 Å². The van der Waals surface area contributed by atoms with Crippen LogP contribution in [0.25, 0.3) is 22.2 Å². The maximum atomic E-state index is 9.33. The number of hydrogen-bond acceptors (Lipinski definition) is 6. The lowest BCUT2D eigenvalue weighted by atomic mass is 10.1. The minimum absolute atomic E-state index is 0.0110. The van der Waals surface area contributed by atoms with Gasteiger partial charge in [-0.15, -0.1) is 0 Å². The number of fused-ring (bicyclic) bond motifs is 2. The molecular formula is C26H22N6O. The fourth-order valence-electron chi connectivity index (χ4n) is 4.01. The fraction of sp³-hybridized carbons (Fsp3) is 0.192. The molecule has 33 heavy (non-hydrogen) atoms. The third kappa shape index (κ3) is 4.36. The highest BCUT2D eigenvalue weighted by atomic mass is 16.5. The van der Waals surface area contributed by atoms with E-state index < -0.39 is 0 Å². The second kappa shape index (κ2) is 9.04. The van der Waals surface area contributed by atoms with E-state index in [9.17, 15) is 5.26 Å². The van der Waals surface area contributed by atoms with Crippen LogP contribution in [-0.2, 0) is 6.42 Å². The number of benzene rings is 2. The molecular weight excluding hydrogens is 412 g/mol. The highest BCUT2D eigenvalue weighted by molar-refractivity contribution is 5.90. The van der Waals surface area contributed by atoms with E-state index in [1.54, 1.807) is 6.20 Å². The second-order valence-corrected chi connectivity index (χ2v) is 8.02. The Hall–Kier alpha value is -4.33. The van der Waals surface area contributed by atoms with Crippen LogP contribution in [0.5, 0.6) is 5.88 Å². The largest absolute Gasteiger partial charge is 0.470 e. The zero-order valence-corrected chi connectivity index (χ0v) is 17.9. The van der Waals surface area contributed by atoms with Crippen LogP contribution in [0.4, 0.5) is 5.69 Å². The van der Waals surface area contributed by atoms with Crippen LogP contribution in [-0.4, -0.2) is 35.7 Å². The Bertz CT molecular complexity index is 1380. The molecule has 1 aliphatic rings. The Morgan fingerprint density at radius 3 is 2.79 bits per heavy atom. The molecule has 7 nitrogen and oxygen atoms in total. The number of aromatic nitrogens is 2. The first-order valence-electron chi connectivity index (χ1n) is 10.9. The zero-order chi connectivity index (χ0) is 22.6. The molecule has 3 N–H and O–H groups in total. The van der Waals surface area contributed by atoms with Crippen LogP contribution in [0.15, 0.2) is 60.8 Å². The minimum atomic E-state index is -0.0110. The molecule has 7 heteroatoms. The molecule has 0 spiro atoms. The predicted octanol–water partition coefficient (Wildman–Crippen LogP) is 3.98. The fourth-order valence-corrected chi connectivity index (χ4v) is 4.01. The van der Waals surface area contributed by atoms with E-state index in [1.165, 1.54) is 5.56 Å². The average Bonchev–Trinajstić information content (AvgIpc) is 3.31. The van der Waals surface area contributed by atoms with Gasteiger partial charge in [0.1, 0.15) is 6.10 Å². The van der Waals surface area contributed by atoms with E-state index >= 15 is 0 Å². The Labute approximate surface area is 191 Å². The van der Waals surface area contributed by atoms with Crippen molar-refractivity contribution >= 4 is 16.6 Å². The molecule has 2 aromatic heterocycles. The van der Waals surface area contributed by atoms with E-state index in [4.69, 9.17) is 10.00 Å². The Kier molecular flexibility index (Phi) is 5.63. The van der Waals surface area contributed by atoms with Crippen LogP contribution in [0, 0.1) is 22.7 Å². The first kappa shape index (κ1) is 20.6. The van der Waals surface area contributed by atoms with Crippen molar-refractivity contribution in [1.82, 2.24) is 15.3 Å². The molecule has 0 unspecified atom stereocenters. The molecule has 4 aromatic rings. The Balaban J connectivity index is 1.19. The van der Waals surface area contributed by atoms with Crippen LogP contribution < -0.4 is 15.4 Å². The van der Waals surface area contributed by atoms with Crippen molar-refractivity contribution in [3.05, 3.63) is 77.5 Å². The average molecular weight is 435 g/mol. The molecule has 162 valence electrons. The summed E-state index contributed by atoms with van der Waals surface area (Å²) < 4.78 is 6.08. The molecule has 0 aliphatic carbocycles. The number of aromatic amines is 1. The summed E-state index contributed by atoms with van der Waals surface area (Å²) in [6.07, 6.45) is 2.67. The van der Waals surface area contributed by atoms with Crippen LogP contribution in [0.3, 0.4) is 0 Å². The van der Waals surface area contributed by atoms with Gasteiger partial charge in [0.25, 0.3) is 0 Å². The predicted molar refractivity (Wildman–Crippen MR) is 127 cm³/mol. The number of hydrogen-bond donors (Lipinski definition) is 3. The van der Waals surface area contributed by atoms with Crippen molar-refractivity contribution in [2.45, 2.75) is 12.5 Å². The molecule has 0 fully saturated rings. The summed E-state index contributed by atoms with van der Waals surface area (Å²) in [5.41, 5.74) is 6.16. The van der Waals surface area contributed by atoms with Crippen LogP contribution >= 0.6 is 0 Å². The van der Waals surface area contributed by atoms with Crippen molar-refractivity contribution < 1.29 is 4.74 Å². The highest BCUT2D eigenvalue weighted by Gasteiger charge is 2.21. The first-order chi connectivity index (χ1) is 16.2.